The summed E-state index contributed by atoms with van der Waals surface area (Å²) in [4.78, 5) is 0. The Morgan fingerprint density at radius 1 is 1.41 bits per heavy atom. The molecule has 2 heteroatoms. The zero-order valence-corrected chi connectivity index (χ0v) is 11.8. The molecule has 1 aliphatic carbocycles. The number of hydrogen-bond donors (Lipinski definition) is 1. The standard InChI is InChI=1S/C15H27NO/c1-5-7-13-8-6-9-14(12-13)17-11-10-16-15(2,3)4/h6,8-9,13,16H,5,7,10-12H2,1-4H3. The third-order valence-corrected chi connectivity index (χ3v) is 2.83. The lowest BCUT2D eigenvalue weighted by atomic mass is 9.95. The number of rotatable bonds is 6. The Kier molecular flexibility index (Phi) is 5.76. The van der Waals surface area contributed by atoms with Gasteiger partial charge in [0.05, 0.1) is 5.76 Å². The predicted molar refractivity (Wildman–Crippen MR) is 73.9 cm³/mol. The summed E-state index contributed by atoms with van der Waals surface area (Å²) < 4.78 is 5.80. The Morgan fingerprint density at radius 2 is 2.18 bits per heavy atom. The van der Waals surface area contributed by atoms with E-state index in [1.807, 2.05) is 0 Å². The molecule has 0 bridgehead atoms. The van der Waals surface area contributed by atoms with Gasteiger partial charge in [0, 0.05) is 18.5 Å². The van der Waals surface area contributed by atoms with Gasteiger partial charge in [0.15, 0.2) is 0 Å². The zero-order valence-electron chi connectivity index (χ0n) is 11.8. The first-order chi connectivity index (χ1) is 8.01. The lowest BCUT2D eigenvalue weighted by Crippen LogP contribution is -2.38. The largest absolute Gasteiger partial charge is 0.497 e. The van der Waals surface area contributed by atoms with Crippen LogP contribution in [0.3, 0.4) is 0 Å². The molecular weight excluding hydrogens is 210 g/mol. The van der Waals surface area contributed by atoms with Gasteiger partial charge in [-0.05, 0) is 39.2 Å². The van der Waals surface area contributed by atoms with Crippen molar-refractivity contribution in [2.45, 2.75) is 52.5 Å². The number of nitrogens with one attached hydrogen (secondary N) is 1. The molecule has 0 radical (unpaired) electrons. The molecule has 1 unspecified atom stereocenters. The molecule has 17 heavy (non-hydrogen) atoms. The minimum atomic E-state index is 0.176. The molecule has 2 nitrogen and oxygen atoms in total. The minimum Gasteiger partial charge on any atom is -0.497 e. The van der Waals surface area contributed by atoms with Crippen LogP contribution >= 0.6 is 0 Å². The molecule has 1 N–H and O–H groups in total. The summed E-state index contributed by atoms with van der Waals surface area (Å²) in [5.41, 5.74) is 0.176. The van der Waals surface area contributed by atoms with Crippen LogP contribution in [0.2, 0.25) is 0 Å². The molecule has 0 aromatic heterocycles. The van der Waals surface area contributed by atoms with Crippen molar-refractivity contribution in [3.05, 3.63) is 24.0 Å². The fraction of sp³-hybridized carbons (Fsp3) is 0.733. The molecule has 0 saturated heterocycles. The highest BCUT2D eigenvalue weighted by atomic mass is 16.5. The van der Waals surface area contributed by atoms with E-state index in [1.165, 1.54) is 12.8 Å². The quantitative estimate of drug-likeness (QED) is 0.712. The summed E-state index contributed by atoms with van der Waals surface area (Å²) >= 11 is 0. The molecule has 1 atom stereocenters. The second-order valence-electron chi connectivity index (χ2n) is 5.80. The molecule has 98 valence electrons. The lowest BCUT2D eigenvalue weighted by Gasteiger charge is -2.22. The molecule has 0 amide bonds. The monoisotopic (exact) mass is 237 g/mol. The van der Waals surface area contributed by atoms with Gasteiger partial charge in [0.1, 0.15) is 6.61 Å². The average molecular weight is 237 g/mol. The van der Waals surface area contributed by atoms with Crippen LogP contribution in [-0.4, -0.2) is 18.7 Å². The normalized spacial score (nSPS) is 20.2. The maximum Gasteiger partial charge on any atom is 0.100 e. The summed E-state index contributed by atoms with van der Waals surface area (Å²) in [6.45, 7) is 10.4. The molecule has 0 spiro atoms. The van der Waals surface area contributed by atoms with Crippen molar-refractivity contribution in [2.24, 2.45) is 5.92 Å². The van der Waals surface area contributed by atoms with Gasteiger partial charge in [-0.25, -0.2) is 0 Å². The van der Waals surface area contributed by atoms with E-state index in [0.717, 1.165) is 25.3 Å². The molecule has 0 aromatic rings. The highest BCUT2D eigenvalue weighted by molar-refractivity contribution is 5.15. The van der Waals surface area contributed by atoms with E-state index in [2.05, 4.69) is 51.2 Å². The molecule has 1 rings (SSSR count). The van der Waals surface area contributed by atoms with Crippen molar-refractivity contribution in [1.29, 1.82) is 0 Å². The van der Waals surface area contributed by atoms with E-state index in [0.29, 0.717) is 5.92 Å². The predicted octanol–water partition coefficient (Wildman–Crippen LogP) is 3.65. The third-order valence-electron chi connectivity index (χ3n) is 2.83. The number of ether oxygens (including phenoxy) is 1. The Morgan fingerprint density at radius 3 is 2.82 bits per heavy atom. The fourth-order valence-electron chi connectivity index (χ4n) is 2.00. The minimum absolute atomic E-state index is 0.176. The van der Waals surface area contributed by atoms with Gasteiger partial charge in [-0.15, -0.1) is 0 Å². The molecule has 0 aromatic carbocycles. The second-order valence-corrected chi connectivity index (χ2v) is 5.80. The van der Waals surface area contributed by atoms with Gasteiger partial charge in [-0.2, -0.15) is 0 Å². The van der Waals surface area contributed by atoms with Gasteiger partial charge < -0.3 is 10.1 Å². The van der Waals surface area contributed by atoms with Crippen LogP contribution in [-0.2, 0) is 4.74 Å². The third kappa shape index (κ3) is 6.52. The van der Waals surface area contributed by atoms with Crippen molar-refractivity contribution in [2.75, 3.05) is 13.2 Å². The Bertz CT molecular complexity index is 273. The van der Waals surface area contributed by atoms with E-state index < -0.39 is 0 Å². The van der Waals surface area contributed by atoms with Crippen LogP contribution in [0.15, 0.2) is 24.0 Å². The highest BCUT2D eigenvalue weighted by Crippen LogP contribution is 2.23. The topological polar surface area (TPSA) is 21.3 Å². The van der Waals surface area contributed by atoms with Crippen molar-refractivity contribution in [3.63, 3.8) is 0 Å². The van der Waals surface area contributed by atoms with Crippen LogP contribution in [0.25, 0.3) is 0 Å². The summed E-state index contributed by atoms with van der Waals surface area (Å²) in [5.74, 6) is 1.82. The summed E-state index contributed by atoms with van der Waals surface area (Å²) in [5, 5.41) is 3.43. The Balaban J connectivity index is 2.20. The van der Waals surface area contributed by atoms with Crippen molar-refractivity contribution in [3.8, 4) is 0 Å². The Hall–Kier alpha value is -0.760. The van der Waals surface area contributed by atoms with E-state index >= 15 is 0 Å². The summed E-state index contributed by atoms with van der Waals surface area (Å²) in [6.07, 6.45) is 10.1. The summed E-state index contributed by atoms with van der Waals surface area (Å²) in [7, 11) is 0. The SMILES string of the molecule is CCCC1C=CC=C(OCCNC(C)(C)C)C1. The molecule has 0 saturated carbocycles. The van der Waals surface area contributed by atoms with Crippen LogP contribution in [0.5, 0.6) is 0 Å². The van der Waals surface area contributed by atoms with E-state index in [1.54, 1.807) is 0 Å². The highest BCUT2D eigenvalue weighted by Gasteiger charge is 2.12. The fourth-order valence-corrected chi connectivity index (χ4v) is 2.00. The van der Waals surface area contributed by atoms with Gasteiger partial charge in [-0.3, -0.25) is 0 Å². The second kappa shape index (κ2) is 6.85. The first-order valence-electron chi connectivity index (χ1n) is 6.76. The van der Waals surface area contributed by atoms with Crippen LogP contribution in [0.4, 0.5) is 0 Å². The Labute approximate surface area is 106 Å². The number of allylic oxidation sites excluding steroid dienone is 4. The van der Waals surface area contributed by atoms with E-state index in [-0.39, 0.29) is 5.54 Å². The van der Waals surface area contributed by atoms with Gasteiger partial charge in [0.2, 0.25) is 0 Å². The molecule has 1 aliphatic rings. The van der Waals surface area contributed by atoms with Crippen LogP contribution in [0.1, 0.15) is 47.0 Å². The zero-order chi connectivity index (χ0) is 12.7. The molecular formula is C15H27NO. The first kappa shape index (κ1) is 14.3. The van der Waals surface area contributed by atoms with Gasteiger partial charge in [-0.1, -0.05) is 25.5 Å². The smallest absolute Gasteiger partial charge is 0.100 e. The molecule has 0 aliphatic heterocycles. The van der Waals surface area contributed by atoms with E-state index in [4.69, 9.17) is 4.74 Å². The van der Waals surface area contributed by atoms with Gasteiger partial charge >= 0.3 is 0 Å². The van der Waals surface area contributed by atoms with Crippen molar-refractivity contribution in [1.82, 2.24) is 5.32 Å². The average Bonchev–Trinajstić information content (AvgIpc) is 2.24. The molecule has 0 heterocycles. The van der Waals surface area contributed by atoms with Crippen LogP contribution < -0.4 is 5.32 Å². The maximum atomic E-state index is 5.80. The van der Waals surface area contributed by atoms with Gasteiger partial charge in [0.25, 0.3) is 0 Å². The first-order valence-corrected chi connectivity index (χ1v) is 6.76. The number of hydrogen-bond acceptors (Lipinski definition) is 2. The van der Waals surface area contributed by atoms with Crippen molar-refractivity contribution < 1.29 is 4.74 Å². The lowest BCUT2D eigenvalue weighted by molar-refractivity contribution is 0.186. The van der Waals surface area contributed by atoms with Crippen LogP contribution in [0, 0.1) is 5.92 Å². The summed E-state index contributed by atoms with van der Waals surface area (Å²) in [6, 6.07) is 0. The van der Waals surface area contributed by atoms with Crippen molar-refractivity contribution >= 4 is 0 Å². The molecule has 0 fully saturated rings. The van der Waals surface area contributed by atoms with E-state index in [9.17, 15) is 0 Å². The maximum absolute atomic E-state index is 5.80.